The van der Waals surface area contributed by atoms with Crippen molar-refractivity contribution in [3.8, 4) is 0 Å². The first kappa shape index (κ1) is 15.2. The molecule has 0 aromatic heterocycles. The van der Waals surface area contributed by atoms with Crippen molar-refractivity contribution in [2.24, 2.45) is 0 Å². The van der Waals surface area contributed by atoms with E-state index >= 15 is 0 Å². The molecule has 0 aliphatic rings. The number of aryl methyl sites for hydroxylation is 1. The first-order chi connectivity index (χ1) is 9.75. The Morgan fingerprint density at radius 1 is 1.05 bits per heavy atom. The van der Waals surface area contributed by atoms with Gasteiger partial charge in [-0.05, 0) is 42.6 Å². The van der Waals surface area contributed by atoms with Crippen LogP contribution in [0.2, 0.25) is 0 Å². The number of hydrogen-bond donors (Lipinski definition) is 2. The van der Waals surface area contributed by atoms with Gasteiger partial charge in [0.1, 0.15) is 0 Å². The molecule has 2 rings (SSSR count). The molecule has 0 spiro atoms. The Hall–Kier alpha value is -1.16. The Kier molecular flexibility index (Phi) is 6.25. The molecule has 2 nitrogen and oxygen atoms in total. The van der Waals surface area contributed by atoms with Crippen LogP contribution in [0.25, 0.3) is 0 Å². The van der Waals surface area contributed by atoms with Gasteiger partial charge in [0.2, 0.25) is 0 Å². The van der Waals surface area contributed by atoms with E-state index in [0.717, 1.165) is 29.4 Å². The summed E-state index contributed by atoms with van der Waals surface area (Å²) in [5, 5.41) is 13.4. The minimum Gasteiger partial charge on any atom is -0.387 e. The first-order valence-corrected chi connectivity index (χ1v) is 7.73. The molecule has 0 heterocycles. The Morgan fingerprint density at radius 2 is 1.85 bits per heavy atom. The summed E-state index contributed by atoms with van der Waals surface area (Å²) in [5.41, 5.74) is 2.30. The zero-order chi connectivity index (χ0) is 14.2. The highest BCUT2D eigenvalue weighted by atomic mass is 79.9. The average molecular weight is 334 g/mol. The van der Waals surface area contributed by atoms with Crippen LogP contribution >= 0.6 is 15.9 Å². The number of benzene rings is 2. The van der Waals surface area contributed by atoms with Gasteiger partial charge in [-0.3, -0.25) is 0 Å². The van der Waals surface area contributed by atoms with E-state index in [2.05, 4.69) is 45.5 Å². The van der Waals surface area contributed by atoms with E-state index in [9.17, 15) is 5.11 Å². The first-order valence-electron chi connectivity index (χ1n) is 6.94. The fourth-order valence-electron chi connectivity index (χ4n) is 2.13. The number of aliphatic hydroxyl groups excluding tert-OH is 1. The number of rotatable bonds is 7. The lowest BCUT2D eigenvalue weighted by Gasteiger charge is -2.12. The van der Waals surface area contributed by atoms with Gasteiger partial charge in [0.05, 0.1) is 6.10 Å². The molecule has 0 saturated heterocycles. The van der Waals surface area contributed by atoms with Gasteiger partial charge in [-0.25, -0.2) is 0 Å². The van der Waals surface area contributed by atoms with Crippen molar-refractivity contribution in [2.75, 3.05) is 13.1 Å². The summed E-state index contributed by atoms with van der Waals surface area (Å²) in [7, 11) is 0. The molecule has 2 aromatic rings. The predicted molar refractivity (Wildman–Crippen MR) is 86.7 cm³/mol. The molecule has 0 fully saturated rings. The van der Waals surface area contributed by atoms with Crippen LogP contribution in [0.1, 0.15) is 23.7 Å². The fraction of sp³-hybridized carbons (Fsp3) is 0.294. The molecule has 0 aliphatic carbocycles. The molecule has 2 N–H and O–H groups in total. The molecule has 0 aliphatic heterocycles. The third-order valence-corrected chi connectivity index (χ3v) is 3.73. The van der Waals surface area contributed by atoms with E-state index < -0.39 is 6.10 Å². The van der Waals surface area contributed by atoms with E-state index in [1.54, 1.807) is 0 Å². The number of hydrogen-bond acceptors (Lipinski definition) is 2. The maximum atomic E-state index is 10.1. The number of nitrogens with one attached hydrogen (secondary N) is 1. The van der Waals surface area contributed by atoms with Gasteiger partial charge in [0.25, 0.3) is 0 Å². The maximum Gasteiger partial charge on any atom is 0.0914 e. The van der Waals surface area contributed by atoms with Crippen LogP contribution in [0.15, 0.2) is 59.1 Å². The Labute approximate surface area is 129 Å². The normalized spacial score (nSPS) is 12.3. The van der Waals surface area contributed by atoms with Crippen LogP contribution in [0.5, 0.6) is 0 Å². The fourth-order valence-corrected chi connectivity index (χ4v) is 2.55. The molecule has 1 unspecified atom stereocenters. The summed E-state index contributed by atoms with van der Waals surface area (Å²) < 4.78 is 0.998. The zero-order valence-corrected chi connectivity index (χ0v) is 13.0. The van der Waals surface area contributed by atoms with E-state index in [4.69, 9.17) is 0 Å². The van der Waals surface area contributed by atoms with Crippen molar-refractivity contribution < 1.29 is 5.11 Å². The van der Waals surface area contributed by atoms with Gasteiger partial charge in [-0.2, -0.15) is 0 Å². The topological polar surface area (TPSA) is 32.3 Å². The third kappa shape index (κ3) is 5.08. The molecular weight excluding hydrogens is 314 g/mol. The van der Waals surface area contributed by atoms with E-state index in [0.29, 0.717) is 6.54 Å². The smallest absolute Gasteiger partial charge is 0.0914 e. The Balaban J connectivity index is 1.66. The highest BCUT2D eigenvalue weighted by molar-refractivity contribution is 9.10. The Bertz CT molecular complexity index is 515. The molecular formula is C17H20BrNO. The summed E-state index contributed by atoms with van der Waals surface area (Å²) in [4.78, 5) is 0. The van der Waals surface area contributed by atoms with Crippen molar-refractivity contribution in [2.45, 2.75) is 18.9 Å². The van der Waals surface area contributed by atoms with Gasteiger partial charge in [0, 0.05) is 11.0 Å². The zero-order valence-electron chi connectivity index (χ0n) is 11.4. The van der Waals surface area contributed by atoms with Crippen LogP contribution in [0.3, 0.4) is 0 Å². The van der Waals surface area contributed by atoms with E-state index in [1.807, 2.05) is 30.3 Å². The molecule has 0 amide bonds. The van der Waals surface area contributed by atoms with Crippen LogP contribution in [0.4, 0.5) is 0 Å². The second-order valence-electron chi connectivity index (χ2n) is 4.86. The summed E-state index contributed by atoms with van der Waals surface area (Å²) in [6, 6.07) is 18.3. The number of halogens is 1. The van der Waals surface area contributed by atoms with Crippen LogP contribution in [0, 0.1) is 0 Å². The molecule has 0 radical (unpaired) electrons. The van der Waals surface area contributed by atoms with Gasteiger partial charge < -0.3 is 10.4 Å². The predicted octanol–water partition coefficient (Wildman–Crippen LogP) is 3.70. The second-order valence-corrected chi connectivity index (χ2v) is 5.78. The maximum absolute atomic E-state index is 10.1. The van der Waals surface area contributed by atoms with Gasteiger partial charge in [-0.1, -0.05) is 58.4 Å². The highest BCUT2D eigenvalue weighted by Crippen LogP contribution is 2.17. The van der Waals surface area contributed by atoms with Crippen molar-refractivity contribution in [3.63, 3.8) is 0 Å². The average Bonchev–Trinajstić information content (AvgIpc) is 2.48. The number of aliphatic hydroxyl groups is 1. The van der Waals surface area contributed by atoms with Gasteiger partial charge in [-0.15, -0.1) is 0 Å². The Morgan fingerprint density at radius 3 is 2.60 bits per heavy atom. The van der Waals surface area contributed by atoms with Crippen molar-refractivity contribution in [1.82, 2.24) is 5.32 Å². The molecule has 106 valence electrons. The van der Waals surface area contributed by atoms with Gasteiger partial charge >= 0.3 is 0 Å². The second kappa shape index (κ2) is 8.20. The third-order valence-electron chi connectivity index (χ3n) is 3.23. The van der Waals surface area contributed by atoms with Crippen molar-refractivity contribution in [3.05, 3.63) is 70.2 Å². The van der Waals surface area contributed by atoms with Crippen molar-refractivity contribution >= 4 is 15.9 Å². The van der Waals surface area contributed by atoms with Gasteiger partial charge in [0.15, 0.2) is 0 Å². The lowest BCUT2D eigenvalue weighted by atomic mass is 10.1. The molecule has 0 saturated carbocycles. The molecule has 1 atom stereocenters. The van der Waals surface area contributed by atoms with Crippen LogP contribution < -0.4 is 5.32 Å². The van der Waals surface area contributed by atoms with E-state index in [-0.39, 0.29) is 0 Å². The molecule has 2 aromatic carbocycles. The quantitative estimate of drug-likeness (QED) is 0.757. The van der Waals surface area contributed by atoms with Crippen LogP contribution in [-0.2, 0) is 6.42 Å². The van der Waals surface area contributed by atoms with Crippen LogP contribution in [-0.4, -0.2) is 18.2 Å². The monoisotopic (exact) mass is 333 g/mol. The summed E-state index contributed by atoms with van der Waals surface area (Å²) in [5.74, 6) is 0. The SMILES string of the molecule is OC(CNCCCc1ccccc1)c1cccc(Br)c1. The van der Waals surface area contributed by atoms with Crippen molar-refractivity contribution in [1.29, 1.82) is 0 Å². The molecule has 0 bridgehead atoms. The minimum absolute atomic E-state index is 0.454. The lowest BCUT2D eigenvalue weighted by Crippen LogP contribution is -2.22. The summed E-state index contributed by atoms with van der Waals surface area (Å²) in [6.07, 6.45) is 1.69. The van der Waals surface area contributed by atoms with E-state index in [1.165, 1.54) is 5.56 Å². The summed E-state index contributed by atoms with van der Waals surface area (Å²) >= 11 is 3.42. The largest absolute Gasteiger partial charge is 0.387 e. The lowest BCUT2D eigenvalue weighted by molar-refractivity contribution is 0.175. The molecule has 3 heteroatoms. The minimum atomic E-state index is -0.454. The standard InChI is InChI=1S/C17H20BrNO/c18-16-10-4-9-15(12-16)17(20)13-19-11-5-8-14-6-2-1-3-7-14/h1-4,6-7,9-10,12,17,19-20H,5,8,11,13H2. The summed E-state index contributed by atoms with van der Waals surface area (Å²) in [6.45, 7) is 1.51. The molecule has 20 heavy (non-hydrogen) atoms. The highest BCUT2D eigenvalue weighted by Gasteiger charge is 2.06.